The number of benzene rings is 2. The van der Waals surface area contributed by atoms with E-state index >= 15 is 0 Å². The second kappa shape index (κ2) is 7.35. The molecular weight excluding hydrogens is 366 g/mol. The summed E-state index contributed by atoms with van der Waals surface area (Å²) < 4.78 is 6.03. The number of hydrogen-bond acceptors (Lipinski definition) is 5. The second-order valence-electron chi connectivity index (χ2n) is 7.10. The number of hydrogen-bond donors (Lipinski definition) is 2. The van der Waals surface area contributed by atoms with Crippen molar-refractivity contribution in [2.45, 2.75) is 19.3 Å². The molecule has 1 amide bonds. The van der Waals surface area contributed by atoms with Gasteiger partial charge in [-0.05, 0) is 55.3 Å². The highest BCUT2D eigenvalue weighted by Gasteiger charge is 2.27. The van der Waals surface area contributed by atoms with Crippen LogP contribution >= 0.6 is 0 Å². The van der Waals surface area contributed by atoms with Crippen LogP contribution in [0, 0.1) is 5.92 Å². The van der Waals surface area contributed by atoms with E-state index in [4.69, 9.17) is 4.74 Å². The van der Waals surface area contributed by atoms with Crippen LogP contribution in [0.3, 0.4) is 0 Å². The van der Waals surface area contributed by atoms with E-state index in [1.54, 1.807) is 6.20 Å². The van der Waals surface area contributed by atoms with Crippen molar-refractivity contribution in [1.29, 1.82) is 0 Å². The van der Waals surface area contributed by atoms with Crippen LogP contribution in [-0.2, 0) is 17.6 Å². The first-order valence-electron chi connectivity index (χ1n) is 9.57. The lowest BCUT2D eigenvalue weighted by atomic mass is 9.89. The minimum absolute atomic E-state index is 0.00689. The molecule has 0 aliphatic heterocycles. The van der Waals surface area contributed by atoms with Crippen LogP contribution in [0.2, 0.25) is 0 Å². The first-order valence-corrected chi connectivity index (χ1v) is 9.57. The third-order valence-corrected chi connectivity index (χ3v) is 5.20. The van der Waals surface area contributed by atoms with E-state index in [2.05, 4.69) is 25.7 Å². The van der Waals surface area contributed by atoms with Gasteiger partial charge in [0, 0.05) is 29.6 Å². The molecule has 4 aromatic rings. The van der Waals surface area contributed by atoms with Gasteiger partial charge in [0.25, 0.3) is 0 Å². The van der Waals surface area contributed by atoms with Gasteiger partial charge < -0.3 is 10.1 Å². The number of nitrogens with one attached hydrogen (secondary N) is 2. The number of anilines is 1. The Labute approximate surface area is 167 Å². The van der Waals surface area contributed by atoms with Gasteiger partial charge in [-0.25, -0.2) is 0 Å². The average molecular weight is 385 g/mol. The number of aromatic amines is 1. The molecule has 2 heterocycles. The third-order valence-electron chi connectivity index (χ3n) is 5.20. The highest BCUT2D eigenvalue weighted by atomic mass is 16.5. The summed E-state index contributed by atoms with van der Waals surface area (Å²) in [4.78, 5) is 17.0. The lowest BCUT2D eigenvalue weighted by molar-refractivity contribution is -0.120. The molecule has 144 valence electrons. The molecule has 1 unspecified atom stereocenters. The number of pyridine rings is 1. The summed E-state index contributed by atoms with van der Waals surface area (Å²) >= 11 is 0. The predicted octanol–water partition coefficient (Wildman–Crippen LogP) is 3.89. The third kappa shape index (κ3) is 3.54. The summed E-state index contributed by atoms with van der Waals surface area (Å²) in [5.74, 6) is 1.36. The molecule has 1 aliphatic rings. The number of ether oxygens (including phenoxy) is 1. The Morgan fingerprint density at radius 2 is 1.86 bits per heavy atom. The zero-order valence-corrected chi connectivity index (χ0v) is 15.6. The van der Waals surface area contributed by atoms with Gasteiger partial charge in [0.05, 0.1) is 16.9 Å². The van der Waals surface area contributed by atoms with Crippen LogP contribution in [-0.4, -0.2) is 26.3 Å². The summed E-state index contributed by atoms with van der Waals surface area (Å²) in [6.45, 7) is 0. The molecule has 0 spiro atoms. The van der Waals surface area contributed by atoms with Crippen molar-refractivity contribution in [2.75, 3.05) is 5.32 Å². The Bertz CT molecular complexity index is 1160. The maximum absolute atomic E-state index is 12.6. The molecule has 1 atom stereocenters. The SMILES string of the molecule is O=C(Nc1ccc(Oc2ccnc3ccccc23)cc1)C1CCc2n[nH]nc2C1. The quantitative estimate of drug-likeness (QED) is 0.556. The highest BCUT2D eigenvalue weighted by molar-refractivity contribution is 5.93. The topological polar surface area (TPSA) is 92.8 Å². The van der Waals surface area contributed by atoms with Gasteiger partial charge in [-0.1, -0.05) is 12.1 Å². The van der Waals surface area contributed by atoms with Crippen molar-refractivity contribution in [2.24, 2.45) is 5.92 Å². The number of amides is 1. The van der Waals surface area contributed by atoms with Gasteiger partial charge >= 0.3 is 0 Å². The van der Waals surface area contributed by atoms with Crippen molar-refractivity contribution >= 4 is 22.5 Å². The van der Waals surface area contributed by atoms with Crippen molar-refractivity contribution in [1.82, 2.24) is 20.4 Å². The fraction of sp³-hybridized carbons (Fsp3) is 0.182. The molecule has 7 nitrogen and oxygen atoms in total. The Morgan fingerprint density at radius 1 is 1.03 bits per heavy atom. The van der Waals surface area contributed by atoms with E-state index < -0.39 is 0 Å². The Balaban J connectivity index is 1.26. The van der Waals surface area contributed by atoms with Gasteiger partial charge in [0.2, 0.25) is 5.91 Å². The van der Waals surface area contributed by atoms with E-state index in [0.717, 1.165) is 46.6 Å². The summed E-state index contributed by atoms with van der Waals surface area (Å²) in [5.41, 5.74) is 3.49. The fourth-order valence-corrected chi connectivity index (χ4v) is 3.64. The zero-order chi connectivity index (χ0) is 19.6. The van der Waals surface area contributed by atoms with Crippen LogP contribution in [0.5, 0.6) is 11.5 Å². The normalized spacial score (nSPS) is 15.7. The smallest absolute Gasteiger partial charge is 0.227 e. The number of para-hydroxylation sites is 1. The van der Waals surface area contributed by atoms with E-state index in [1.807, 2.05) is 54.6 Å². The van der Waals surface area contributed by atoms with Crippen molar-refractivity contribution in [3.8, 4) is 11.5 Å². The first kappa shape index (κ1) is 17.4. The molecule has 0 fully saturated rings. The van der Waals surface area contributed by atoms with Gasteiger partial charge in [-0.15, -0.1) is 0 Å². The number of aromatic nitrogens is 4. The molecule has 7 heteroatoms. The summed E-state index contributed by atoms with van der Waals surface area (Å²) in [5, 5.41) is 14.8. The minimum Gasteiger partial charge on any atom is -0.457 e. The van der Waals surface area contributed by atoms with Gasteiger partial charge in [0.1, 0.15) is 11.5 Å². The van der Waals surface area contributed by atoms with Crippen LogP contribution in [0.4, 0.5) is 5.69 Å². The van der Waals surface area contributed by atoms with Gasteiger partial charge in [-0.2, -0.15) is 15.4 Å². The van der Waals surface area contributed by atoms with Crippen LogP contribution in [0.25, 0.3) is 10.9 Å². The van der Waals surface area contributed by atoms with E-state index in [0.29, 0.717) is 12.2 Å². The summed E-state index contributed by atoms with van der Waals surface area (Å²) in [6.07, 6.45) is 3.91. The van der Waals surface area contributed by atoms with Crippen molar-refractivity contribution < 1.29 is 9.53 Å². The molecule has 2 aromatic carbocycles. The molecule has 29 heavy (non-hydrogen) atoms. The summed E-state index contributed by atoms with van der Waals surface area (Å²) in [6, 6.07) is 17.1. The Morgan fingerprint density at radius 3 is 2.76 bits per heavy atom. The monoisotopic (exact) mass is 385 g/mol. The van der Waals surface area contributed by atoms with Crippen LogP contribution in [0.15, 0.2) is 60.8 Å². The lowest BCUT2D eigenvalue weighted by Gasteiger charge is -2.19. The van der Waals surface area contributed by atoms with E-state index in [9.17, 15) is 4.79 Å². The predicted molar refractivity (Wildman–Crippen MR) is 109 cm³/mol. The van der Waals surface area contributed by atoms with Crippen LogP contribution < -0.4 is 10.1 Å². The fourth-order valence-electron chi connectivity index (χ4n) is 3.64. The number of H-pyrrole nitrogens is 1. The molecular formula is C22H19N5O2. The zero-order valence-electron chi connectivity index (χ0n) is 15.6. The number of nitrogens with zero attached hydrogens (tertiary/aromatic N) is 3. The molecule has 0 radical (unpaired) electrons. The van der Waals surface area contributed by atoms with E-state index in [1.165, 1.54) is 0 Å². The van der Waals surface area contributed by atoms with Crippen LogP contribution in [0.1, 0.15) is 17.8 Å². The summed E-state index contributed by atoms with van der Waals surface area (Å²) in [7, 11) is 0. The maximum atomic E-state index is 12.6. The average Bonchev–Trinajstić information content (AvgIpc) is 3.23. The number of carbonyl (C=O) groups excluding carboxylic acids is 1. The second-order valence-corrected chi connectivity index (χ2v) is 7.10. The van der Waals surface area contributed by atoms with Gasteiger partial charge in [-0.3, -0.25) is 9.78 Å². The first-order chi connectivity index (χ1) is 14.3. The lowest BCUT2D eigenvalue weighted by Crippen LogP contribution is -2.28. The largest absolute Gasteiger partial charge is 0.457 e. The standard InChI is InChI=1S/C22H19N5O2/c28-22(14-5-10-19-20(13-14)26-27-25-19)24-15-6-8-16(9-7-15)29-21-11-12-23-18-4-2-1-3-17(18)21/h1-4,6-9,11-12,14H,5,10,13H2,(H,24,28)(H,25,26,27). The molecule has 2 aromatic heterocycles. The van der Waals surface area contributed by atoms with Crippen molar-refractivity contribution in [3.63, 3.8) is 0 Å². The molecule has 0 saturated heterocycles. The van der Waals surface area contributed by atoms with E-state index in [-0.39, 0.29) is 11.8 Å². The Hall–Kier alpha value is -3.74. The molecule has 5 rings (SSSR count). The van der Waals surface area contributed by atoms with Gasteiger partial charge in [0.15, 0.2) is 0 Å². The number of rotatable bonds is 4. The minimum atomic E-state index is -0.0910. The highest BCUT2D eigenvalue weighted by Crippen LogP contribution is 2.29. The van der Waals surface area contributed by atoms with Crippen molar-refractivity contribution in [3.05, 3.63) is 72.2 Å². The Kier molecular flexibility index (Phi) is 4.40. The number of aryl methyl sites for hydroxylation is 1. The number of carbonyl (C=O) groups is 1. The molecule has 0 bridgehead atoms. The molecule has 2 N–H and O–H groups in total. The number of fused-ring (bicyclic) bond motifs is 2. The maximum Gasteiger partial charge on any atom is 0.227 e. The molecule has 0 saturated carbocycles. The molecule has 1 aliphatic carbocycles.